The number of fused-ring (bicyclic) bond motifs is 3. The maximum Gasteiger partial charge on any atom is 0.123 e. The topological polar surface area (TPSA) is 28.7 Å². The lowest BCUT2D eigenvalue weighted by molar-refractivity contribution is 1.05. The van der Waals surface area contributed by atoms with Crippen LogP contribution in [0.3, 0.4) is 0 Å². The van der Waals surface area contributed by atoms with Crippen LogP contribution in [0.15, 0.2) is 36.4 Å². The maximum absolute atomic E-state index is 5.83. The van der Waals surface area contributed by atoms with Gasteiger partial charge >= 0.3 is 0 Å². The zero-order valence-electron chi connectivity index (χ0n) is 7.29. The largest absolute Gasteiger partial charge is 0.267 e. The van der Waals surface area contributed by atoms with Gasteiger partial charge in [-0.3, -0.25) is 5.10 Å². The van der Waals surface area contributed by atoms with E-state index in [-0.39, 0.29) is 0 Å². The lowest BCUT2D eigenvalue weighted by atomic mass is 10.2. The monoisotopic (exact) mass is 202 g/mol. The normalized spacial score (nSPS) is 11.2. The Morgan fingerprint density at radius 3 is 2.93 bits per heavy atom. The molecule has 1 aliphatic carbocycles. The lowest BCUT2D eigenvalue weighted by Crippen LogP contribution is -1.85. The number of hydrogen-bond donors (Lipinski definition) is 1. The molecular weight excluding hydrogens is 196 g/mol. The summed E-state index contributed by atoms with van der Waals surface area (Å²) in [6.07, 6.45) is 0. The van der Waals surface area contributed by atoms with E-state index in [9.17, 15) is 0 Å². The standard InChI is InChI=1S/C11H7ClN2/c12-10-6-8-5-7-3-1-2-4-9(7)11(8)14-13-10/h1-6,13H. The smallest absolute Gasteiger partial charge is 0.123 e. The minimum absolute atomic E-state index is 0.563. The first-order valence-corrected chi connectivity index (χ1v) is 4.75. The van der Waals surface area contributed by atoms with Crippen molar-refractivity contribution in [1.29, 1.82) is 0 Å². The Hall–Kier alpha value is -1.54. The minimum Gasteiger partial charge on any atom is -0.267 e. The van der Waals surface area contributed by atoms with Crippen molar-refractivity contribution < 1.29 is 0 Å². The lowest BCUT2D eigenvalue weighted by Gasteiger charge is -1.97. The van der Waals surface area contributed by atoms with Gasteiger partial charge in [0.2, 0.25) is 0 Å². The molecule has 0 atom stereocenters. The van der Waals surface area contributed by atoms with Crippen molar-refractivity contribution in [2.24, 2.45) is 0 Å². The van der Waals surface area contributed by atoms with Gasteiger partial charge < -0.3 is 0 Å². The first-order chi connectivity index (χ1) is 6.84. The molecule has 0 amide bonds. The van der Waals surface area contributed by atoms with E-state index in [0.717, 1.165) is 16.6 Å². The molecule has 1 aromatic rings. The Morgan fingerprint density at radius 1 is 1.14 bits per heavy atom. The van der Waals surface area contributed by atoms with Crippen molar-refractivity contribution in [2.75, 3.05) is 0 Å². The van der Waals surface area contributed by atoms with Crippen LogP contribution in [0.25, 0.3) is 22.0 Å². The third-order valence-corrected chi connectivity index (χ3v) is 2.55. The summed E-state index contributed by atoms with van der Waals surface area (Å²) in [5.74, 6) is 0. The van der Waals surface area contributed by atoms with Gasteiger partial charge in [0.05, 0.1) is 5.69 Å². The highest BCUT2D eigenvalue weighted by molar-refractivity contribution is 6.29. The molecule has 68 valence electrons. The second-order valence-electron chi connectivity index (χ2n) is 3.25. The first kappa shape index (κ1) is 7.83. The Bertz CT molecular complexity index is 571. The molecule has 0 saturated carbocycles. The average molecular weight is 203 g/mol. The summed E-state index contributed by atoms with van der Waals surface area (Å²) >= 11 is 5.83. The summed E-state index contributed by atoms with van der Waals surface area (Å²) in [7, 11) is 0. The molecular formula is C11H7ClN2. The summed E-state index contributed by atoms with van der Waals surface area (Å²) in [5.41, 5.74) is 2.06. The fraction of sp³-hybridized carbons (Fsp3) is 0. The van der Waals surface area contributed by atoms with Crippen LogP contribution in [0.4, 0.5) is 0 Å². The molecule has 0 fully saturated rings. The zero-order valence-corrected chi connectivity index (χ0v) is 8.05. The third-order valence-electron chi connectivity index (χ3n) is 2.36. The second kappa shape index (κ2) is 2.72. The number of aromatic nitrogens is 2. The van der Waals surface area contributed by atoms with Gasteiger partial charge in [-0.1, -0.05) is 35.9 Å². The van der Waals surface area contributed by atoms with Crippen LogP contribution in [-0.4, -0.2) is 10.2 Å². The molecule has 0 bridgehead atoms. The summed E-state index contributed by atoms with van der Waals surface area (Å²) in [4.78, 5) is 0. The van der Waals surface area contributed by atoms with Gasteiger partial charge in [0.15, 0.2) is 0 Å². The SMILES string of the molecule is Clc1cc2cc3ccccc3c-2n[nH]1. The Morgan fingerprint density at radius 2 is 2.00 bits per heavy atom. The van der Waals surface area contributed by atoms with Gasteiger partial charge in [0.25, 0.3) is 0 Å². The number of nitrogens with zero attached hydrogens (tertiary/aromatic N) is 1. The molecule has 1 heterocycles. The van der Waals surface area contributed by atoms with Crippen LogP contribution in [0.1, 0.15) is 0 Å². The summed E-state index contributed by atoms with van der Waals surface area (Å²) in [6, 6.07) is 12.2. The van der Waals surface area contributed by atoms with Gasteiger partial charge in [-0.05, 0) is 17.5 Å². The molecule has 3 heteroatoms. The van der Waals surface area contributed by atoms with Crippen molar-refractivity contribution in [3.8, 4) is 11.3 Å². The molecule has 1 aromatic carbocycles. The number of nitrogens with one attached hydrogen (secondary N) is 1. The van der Waals surface area contributed by atoms with Gasteiger partial charge in [-0.2, -0.15) is 5.10 Å². The van der Waals surface area contributed by atoms with E-state index in [1.54, 1.807) is 0 Å². The van der Waals surface area contributed by atoms with Crippen LogP contribution in [-0.2, 0) is 0 Å². The molecule has 0 unspecified atom stereocenters. The van der Waals surface area contributed by atoms with Crippen molar-refractivity contribution in [2.45, 2.75) is 0 Å². The van der Waals surface area contributed by atoms with E-state index >= 15 is 0 Å². The number of aromatic amines is 1. The van der Waals surface area contributed by atoms with Crippen LogP contribution < -0.4 is 0 Å². The van der Waals surface area contributed by atoms with E-state index in [4.69, 9.17) is 11.6 Å². The summed E-state index contributed by atoms with van der Waals surface area (Å²) in [6.45, 7) is 0. The highest BCUT2D eigenvalue weighted by Crippen LogP contribution is 2.32. The van der Waals surface area contributed by atoms with Gasteiger partial charge in [0.1, 0.15) is 5.15 Å². The molecule has 0 saturated heterocycles. The van der Waals surface area contributed by atoms with Crippen molar-refractivity contribution in [1.82, 2.24) is 10.2 Å². The Labute approximate surface area is 85.8 Å². The number of halogens is 1. The molecule has 2 aliphatic rings. The Balaban J connectivity index is 2.50. The number of H-pyrrole nitrogens is 1. The second-order valence-corrected chi connectivity index (χ2v) is 3.66. The van der Waals surface area contributed by atoms with E-state index < -0.39 is 0 Å². The van der Waals surface area contributed by atoms with Gasteiger partial charge in [0, 0.05) is 10.9 Å². The highest BCUT2D eigenvalue weighted by atomic mass is 35.5. The predicted molar refractivity (Wildman–Crippen MR) is 57.7 cm³/mol. The first-order valence-electron chi connectivity index (χ1n) is 4.37. The fourth-order valence-corrected chi connectivity index (χ4v) is 1.90. The number of hydrogen-bond acceptors (Lipinski definition) is 1. The van der Waals surface area contributed by atoms with Crippen molar-refractivity contribution in [3.05, 3.63) is 41.6 Å². The van der Waals surface area contributed by atoms with Crippen LogP contribution in [0, 0.1) is 0 Å². The molecule has 0 radical (unpaired) electrons. The number of rotatable bonds is 0. The van der Waals surface area contributed by atoms with Crippen LogP contribution in [0.5, 0.6) is 0 Å². The van der Waals surface area contributed by atoms with E-state index in [0.29, 0.717) is 5.15 Å². The predicted octanol–water partition coefficient (Wildman–Crippen LogP) is 3.32. The Kier molecular flexibility index (Phi) is 1.52. The van der Waals surface area contributed by atoms with E-state index in [1.165, 1.54) is 5.39 Å². The quantitative estimate of drug-likeness (QED) is 0.595. The summed E-state index contributed by atoms with van der Waals surface area (Å²) in [5, 5.41) is 9.90. The molecule has 0 aromatic heterocycles. The van der Waals surface area contributed by atoms with Gasteiger partial charge in [-0.25, -0.2) is 0 Å². The van der Waals surface area contributed by atoms with Crippen molar-refractivity contribution in [3.63, 3.8) is 0 Å². The molecule has 0 spiro atoms. The number of benzene rings is 1. The van der Waals surface area contributed by atoms with E-state index in [1.807, 2.05) is 18.2 Å². The molecule has 1 N–H and O–H groups in total. The average Bonchev–Trinajstić information content (AvgIpc) is 2.54. The van der Waals surface area contributed by atoms with Crippen LogP contribution in [0.2, 0.25) is 5.15 Å². The minimum atomic E-state index is 0.563. The molecule has 14 heavy (non-hydrogen) atoms. The molecule has 3 rings (SSSR count). The third kappa shape index (κ3) is 1.01. The maximum atomic E-state index is 5.83. The fourth-order valence-electron chi connectivity index (χ4n) is 1.74. The van der Waals surface area contributed by atoms with Crippen LogP contribution >= 0.6 is 11.6 Å². The molecule has 2 nitrogen and oxygen atoms in total. The zero-order chi connectivity index (χ0) is 9.54. The van der Waals surface area contributed by atoms with E-state index in [2.05, 4.69) is 28.4 Å². The molecule has 1 aliphatic heterocycles. The highest BCUT2D eigenvalue weighted by Gasteiger charge is 2.10. The van der Waals surface area contributed by atoms with Gasteiger partial charge in [-0.15, -0.1) is 0 Å². The van der Waals surface area contributed by atoms with Crippen molar-refractivity contribution >= 4 is 22.4 Å². The summed E-state index contributed by atoms with van der Waals surface area (Å²) < 4.78 is 0.